The van der Waals surface area contributed by atoms with Crippen LogP contribution in [0, 0.1) is 0 Å². The van der Waals surface area contributed by atoms with Crippen LogP contribution in [-0.4, -0.2) is 72.3 Å². The van der Waals surface area contributed by atoms with Crippen molar-refractivity contribution in [3.63, 3.8) is 0 Å². The first-order valence-electron chi connectivity index (χ1n) is 10.00. The Bertz CT molecular complexity index is 814. The molecule has 2 aromatic rings. The van der Waals surface area contributed by atoms with E-state index >= 15 is 0 Å². The maximum Gasteiger partial charge on any atom is 0.147 e. The molecular weight excluding hydrogens is 463 g/mol. The highest BCUT2D eigenvalue weighted by Gasteiger charge is 2.24. The summed E-state index contributed by atoms with van der Waals surface area (Å²) >= 11 is 7.93. The second-order valence-electron chi connectivity index (χ2n) is 7.31. The van der Waals surface area contributed by atoms with Gasteiger partial charge in [0.2, 0.25) is 0 Å². The second-order valence-corrected chi connectivity index (χ2v) is 8.83. The topological polar surface area (TPSA) is 42.8 Å². The number of benzene rings is 1. The highest BCUT2D eigenvalue weighted by molar-refractivity contribution is 7.99. The van der Waals surface area contributed by atoms with Crippen molar-refractivity contribution in [1.29, 1.82) is 0 Å². The highest BCUT2D eigenvalue weighted by atomic mass is 35.5. The fourth-order valence-electron chi connectivity index (χ4n) is 3.98. The molecule has 0 amide bonds. The van der Waals surface area contributed by atoms with Gasteiger partial charge in [-0.15, -0.1) is 24.8 Å². The molecule has 30 heavy (non-hydrogen) atoms. The molecule has 1 N–H and O–H groups in total. The molecule has 2 aliphatic rings. The number of aliphatic hydroxyl groups is 1. The lowest BCUT2D eigenvalue weighted by atomic mass is 10.2. The normalized spacial score (nSPS) is 16.7. The van der Waals surface area contributed by atoms with Gasteiger partial charge in [0.1, 0.15) is 5.82 Å². The van der Waals surface area contributed by atoms with Gasteiger partial charge in [-0.05, 0) is 50.7 Å². The molecule has 0 unspecified atom stereocenters. The van der Waals surface area contributed by atoms with Crippen LogP contribution < -0.4 is 4.90 Å². The van der Waals surface area contributed by atoms with Crippen LogP contribution in [0.2, 0.25) is 5.02 Å². The summed E-state index contributed by atoms with van der Waals surface area (Å²) in [6.07, 6.45) is 4.00. The molecule has 0 spiro atoms. The summed E-state index contributed by atoms with van der Waals surface area (Å²) < 4.78 is 0. The summed E-state index contributed by atoms with van der Waals surface area (Å²) in [5.41, 5.74) is 1.24. The fourth-order valence-corrected chi connectivity index (χ4v) is 5.31. The van der Waals surface area contributed by atoms with Gasteiger partial charge in [-0.3, -0.25) is 4.90 Å². The maximum atomic E-state index is 9.16. The molecule has 3 heterocycles. The Morgan fingerprint density at radius 3 is 2.47 bits per heavy atom. The number of rotatable bonds is 6. The first-order valence-corrected chi connectivity index (χ1v) is 11.2. The van der Waals surface area contributed by atoms with E-state index in [1.807, 2.05) is 6.07 Å². The molecule has 0 saturated carbocycles. The average Bonchev–Trinajstić information content (AvgIpc) is 2.93. The number of fused-ring (bicyclic) bond motifs is 2. The predicted octanol–water partition coefficient (Wildman–Crippen LogP) is 4.57. The van der Waals surface area contributed by atoms with E-state index < -0.39 is 0 Å². The van der Waals surface area contributed by atoms with Gasteiger partial charge in [-0.1, -0.05) is 35.5 Å². The smallest absolute Gasteiger partial charge is 0.147 e. The van der Waals surface area contributed by atoms with Gasteiger partial charge in [0.05, 0.1) is 22.2 Å². The van der Waals surface area contributed by atoms with Crippen LogP contribution >= 0.6 is 48.2 Å². The van der Waals surface area contributed by atoms with Gasteiger partial charge >= 0.3 is 0 Å². The van der Waals surface area contributed by atoms with Crippen molar-refractivity contribution < 1.29 is 5.11 Å². The summed E-state index contributed by atoms with van der Waals surface area (Å²) in [6.45, 7) is 7.43. The van der Waals surface area contributed by atoms with Crippen LogP contribution in [0.15, 0.2) is 46.3 Å². The molecule has 0 radical (unpaired) electrons. The lowest BCUT2D eigenvalue weighted by Crippen LogP contribution is -2.34. The minimum absolute atomic E-state index is 0. The van der Waals surface area contributed by atoms with Crippen LogP contribution in [0.3, 0.4) is 0 Å². The van der Waals surface area contributed by atoms with Gasteiger partial charge < -0.3 is 14.9 Å². The van der Waals surface area contributed by atoms with E-state index in [0.717, 1.165) is 62.9 Å². The van der Waals surface area contributed by atoms with Crippen molar-refractivity contribution in [1.82, 2.24) is 14.8 Å². The highest BCUT2D eigenvalue weighted by Crippen LogP contribution is 2.47. The van der Waals surface area contributed by atoms with E-state index in [-0.39, 0.29) is 31.4 Å². The number of anilines is 2. The van der Waals surface area contributed by atoms with Crippen molar-refractivity contribution in [2.45, 2.75) is 22.6 Å². The number of β-amino-alcohol motifs (C(OH)–C–C–N with tert-alkyl or cyclic N) is 1. The van der Waals surface area contributed by atoms with E-state index in [0.29, 0.717) is 5.02 Å². The standard InChI is InChI=1S/C21H27ClN4OS.2ClH/c22-17-15-20-21(23-16-17)26(18-5-1-2-6-19(18)28-20)10-4-9-24-7-3-8-25(12-11-24)13-14-27;;/h1-2,5-6,15-16,27H,3-4,7-14H2;2*1H. The van der Waals surface area contributed by atoms with Crippen molar-refractivity contribution in [3.8, 4) is 0 Å². The van der Waals surface area contributed by atoms with Gasteiger partial charge in [-0.2, -0.15) is 0 Å². The lowest BCUT2D eigenvalue weighted by Gasteiger charge is -2.32. The molecule has 1 saturated heterocycles. The molecule has 0 atom stereocenters. The van der Waals surface area contributed by atoms with Gasteiger partial charge in [0.25, 0.3) is 0 Å². The summed E-state index contributed by atoms with van der Waals surface area (Å²) in [5.74, 6) is 1.01. The zero-order chi connectivity index (χ0) is 19.3. The van der Waals surface area contributed by atoms with Crippen LogP contribution in [-0.2, 0) is 0 Å². The van der Waals surface area contributed by atoms with E-state index in [9.17, 15) is 0 Å². The molecule has 0 bridgehead atoms. The summed E-state index contributed by atoms with van der Waals surface area (Å²) in [6, 6.07) is 10.5. The number of nitrogens with zero attached hydrogens (tertiary/aromatic N) is 4. The third kappa shape index (κ3) is 6.16. The minimum Gasteiger partial charge on any atom is -0.395 e. The van der Waals surface area contributed by atoms with Crippen molar-refractivity contribution in [2.75, 3.05) is 57.3 Å². The molecular formula is C21H29Cl3N4OS. The molecule has 0 aliphatic carbocycles. The number of pyridine rings is 1. The second kappa shape index (κ2) is 12.3. The zero-order valence-corrected chi connectivity index (χ0v) is 20.1. The monoisotopic (exact) mass is 490 g/mol. The van der Waals surface area contributed by atoms with Crippen LogP contribution in [0.25, 0.3) is 0 Å². The number of para-hydroxylation sites is 1. The zero-order valence-electron chi connectivity index (χ0n) is 16.9. The van der Waals surface area contributed by atoms with E-state index in [4.69, 9.17) is 16.7 Å². The van der Waals surface area contributed by atoms with Crippen LogP contribution in [0.4, 0.5) is 11.5 Å². The van der Waals surface area contributed by atoms with Crippen molar-refractivity contribution >= 4 is 59.7 Å². The first kappa shape index (κ1) is 25.5. The Hall–Kier alpha value is -0.730. The van der Waals surface area contributed by atoms with Gasteiger partial charge in [0.15, 0.2) is 0 Å². The summed E-state index contributed by atoms with van der Waals surface area (Å²) in [4.78, 5) is 14.3. The Morgan fingerprint density at radius 1 is 0.967 bits per heavy atom. The number of aliphatic hydroxyl groups excluding tert-OH is 1. The van der Waals surface area contributed by atoms with Gasteiger partial charge in [0, 0.05) is 37.3 Å². The number of hydrogen-bond donors (Lipinski definition) is 1. The average molecular weight is 492 g/mol. The molecule has 9 heteroatoms. The van der Waals surface area contributed by atoms with Crippen molar-refractivity contribution in [3.05, 3.63) is 41.6 Å². The Labute approximate surface area is 200 Å². The SMILES string of the molecule is Cl.Cl.OCCN1CCCN(CCCN2c3ccccc3Sc3cc(Cl)cnc32)CC1. The molecule has 1 aromatic carbocycles. The third-order valence-electron chi connectivity index (χ3n) is 5.38. The first-order chi connectivity index (χ1) is 13.7. The largest absolute Gasteiger partial charge is 0.395 e. The van der Waals surface area contributed by atoms with Gasteiger partial charge in [-0.25, -0.2) is 4.98 Å². The van der Waals surface area contributed by atoms with Crippen molar-refractivity contribution in [2.24, 2.45) is 0 Å². The summed E-state index contributed by atoms with van der Waals surface area (Å²) in [5, 5.41) is 9.85. The fraction of sp³-hybridized carbons (Fsp3) is 0.476. The maximum absolute atomic E-state index is 9.16. The van der Waals surface area contributed by atoms with E-state index in [1.165, 1.54) is 17.0 Å². The number of halogens is 3. The molecule has 1 aromatic heterocycles. The Kier molecular flexibility index (Phi) is 10.5. The predicted molar refractivity (Wildman–Crippen MR) is 131 cm³/mol. The minimum atomic E-state index is 0. The Morgan fingerprint density at radius 2 is 1.70 bits per heavy atom. The van der Waals surface area contributed by atoms with E-state index in [2.05, 4.69) is 43.9 Å². The molecule has 2 aliphatic heterocycles. The third-order valence-corrected chi connectivity index (χ3v) is 6.68. The number of hydrogen-bond acceptors (Lipinski definition) is 6. The van der Waals surface area contributed by atoms with Crippen LogP contribution in [0.1, 0.15) is 12.8 Å². The molecule has 5 nitrogen and oxygen atoms in total. The molecule has 166 valence electrons. The molecule has 1 fully saturated rings. The van der Waals surface area contributed by atoms with Crippen LogP contribution in [0.5, 0.6) is 0 Å². The number of aromatic nitrogens is 1. The Balaban J connectivity index is 0.00000160. The molecule has 4 rings (SSSR count). The van der Waals surface area contributed by atoms with E-state index in [1.54, 1.807) is 18.0 Å². The quantitative estimate of drug-likeness (QED) is 0.638. The summed E-state index contributed by atoms with van der Waals surface area (Å²) in [7, 11) is 0. The lowest BCUT2D eigenvalue weighted by molar-refractivity contribution is 0.196.